The van der Waals surface area contributed by atoms with Crippen LogP contribution in [0.3, 0.4) is 0 Å². The number of fused-ring (bicyclic) bond motifs is 9. The Hall–Kier alpha value is -6.64. The number of hydrogen-bond donors (Lipinski definition) is 0. The molecule has 56 heavy (non-hydrogen) atoms. The van der Waals surface area contributed by atoms with E-state index in [2.05, 4.69) is 202 Å². The van der Waals surface area contributed by atoms with Gasteiger partial charge in [-0.05, 0) is 104 Å². The maximum absolute atomic E-state index is 6.38. The molecule has 1 aromatic heterocycles. The number of rotatable bonds is 5. The molecule has 0 fully saturated rings. The molecule has 11 rings (SSSR count). The van der Waals surface area contributed by atoms with Crippen molar-refractivity contribution in [2.45, 2.75) is 38.5 Å². The van der Waals surface area contributed by atoms with Gasteiger partial charge in [0.15, 0.2) is 0 Å². The summed E-state index contributed by atoms with van der Waals surface area (Å²) in [6, 6.07) is 64.7. The molecular weight excluding hydrogens is 679 g/mol. The average Bonchev–Trinajstić information content (AvgIpc) is 3.81. The van der Waals surface area contributed by atoms with E-state index in [4.69, 9.17) is 4.42 Å². The molecule has 0 unspecified atom stereocenters. The van der Waals surface area contributed by atoms with Crippen LogP contribution in [0.15, 0.2) is 180 Å². The molecule has 0 amide bonds. The van der Waals surface area contributed by atoms with Gasteiger partial charge in [-0.25, -0.2) is 0 Å². The van der Waals surface area contributed by atoms with Gasteiger partial charge in [0.05, 0.1) is 5.69 Å². The first-order chi connectivity index (χ1) is 27.3. The first-order valence-corrected chi connectivity index (χ1v) is 19.7. The molecule has 0 radical (unpaired) electrons. The van der Waals surface area contributed by atoms with Crippen LogP contribution in [0.4, 0.5) is 17.1 Å². The minimum atomic E-state index is -0.150. The Kier molecular flexibility index (Phi) is 6.98. The van der Waals surface area contributed by atoms with Gasteiger partial charge in [0.25, 0.3) is 0 Å². The van der Waals surface area contributed by atoms with Crippen LogP contribution in [-0.2, 0) is 10.8 Å². The van der Waals surface area contributed by atoms with E-state index < -0.39 is 0 Å². The number of furan rings is 1. The van der Waals surface area contributed by atoms with Crippen molar-refractivity contribution in [2.24, 2.45) is 0 Å². The van der Waals surface area contributed by atoms with E-state index in [1.54, 1.807) is 0 Å². The molecule has 0 saturated carbocycles. The highest BCUT2D eigenvalue weighted by Crippen LogP contribution is 2.56. The quantitative estimate of drug-likeness (QED) is 0.176. The van der Waals surface area contributed by atoms with Crippen LogP contribution in [0.5, 0.6) is 0 Å². The second-order valence-electron chi connectivity index (χ2n) is 16.5. The lowest BCUT2D eigenvalue weighted by Crippen LogP contribution is -2.17. The van der Waals surface area contributed by atoms with E-state index in [9.17, 15) is 0 Å². The lowest BCUT2D eigenvalue weighted by Gasteiger charge is -2.31. The normalized spacial score (nSPS) is 14.4. The van der Waals surface area contributed by atoms with Gasteiger partial charge < -0.3 is 9.32 Å². The summed E-state index contributed by atoms with van der Waals surface area (Å²) in [6.07, 6.45) is 0. The van der Waals surface area contributed by atoms with Crippen LogP contribution < -0.4 is 4.90 Å². The first-order valence-electron chi connectivity index (χ1n) is 19.7. The van der Waals surface area contributed by atoms with E-state index in [0.29, 0.717) is 0 Å². The fourth-order valence-corrected chi connectivity index (χ4v) is 9.94. The van der Waals surface area contributed by atoms with Crippen LogP contribution in [-0.4, -0.2) is 0 Å². The minimum Gasteiger partial charge on any atom is -0.456 e. The summed E-state index contributed by atoms with van der Waals surface area (Å²) in [6.45, 7) is 9.46. The number of anilines is 3. The third-order valence-electron chi connectivity index (χ3n) is 12.7. The van der Waals surface area contributed by atoms with Crippen LogP contribution in [0.2, 0.25) is 0 Å². The molecule has 268 valence electrons. The van der Waals surface area contributed by atoms with E-state index in [1.807, 2.05) is 6.07 Å². The minimum absolute atomic E-state index is 0.128. The van der Waals surface area contributed by atoms with Gasteiger partial charge >= 0.3 is 0 Å². The maximum Gasteiger partial charge on any atom is 0.135 e. The SMILES string of the molecule is CC1(C)c2ccccc2-c2ccc(N(c3ccc4oc5ccccc5c4c3)c3cccc(-c4ccccc4)c3-c3cccc4c3-c3ccccc3C4(C)C)cc21. The second-order valence-corrected chi connectivity index (χ2v) is 16.5. The maximum atomic E-state index is 6.38. The third-order valence-corrected chi connectivity index (χ3v) is 12.7. The standard InChI is InChI=1S/C54H41NO/c1-53(2)45-24-12-9-20-41(45)51-42(22-14-25-46(51)53)52-37(34-16-6-5-7-17-34)21-15-26-48(52)55(35-29-31-50-43(32-35)40-19-10-13-27-49(40)56-50)36-28-30-39-38-18-8-11-23-44(38)54(3,4)47(39)33-36/h5-33H,1-4H3. The smallest absolute Gasteiger partial charge is 0.135 e. The Labute approximate surface area is 328 Å². The van der Waals surface area contributed by atoms with Crippen molar-refractivity contribution in [3.63, 3.8) is 0 Å². The molecule has 8 aromatic carbocycles. The molecule has 9 aromatic rings. The molecule has 2 aliphatic rings. The number of hydrogen-bond acceptors (Lipinski definition) is 2. The van der Waals surface area contributed by atoms with Gasteiger partial charge in [0.2, 0.25) is 0 Å². The van der Waals surface area contributed by atoms with Gasteiger partial charge in [-0.3, -0.25) is 0 Å². The Morgan fingerprint density at radius 3 is 1.79 bits per heavy atom. The van der Waals surface area contributed by atoms with Crippen LogP contribution in [0.1, 0.15) is 49.9 Å². The Morgan fingerprint density at radius 1 is 0.375 bits per heavy atom. The summed E-state index contributed by atoms with van der Waals surface area (Å²) >= 11 is 0. The van der Waals surface area contributed by atoms with Gasteiger partial charge in [0.1, 0.15) is 11.2 Å². The van der Waals surface area contributed by atoms with Crippen molar-refractivity contribution < 1.29 is 4.42 Å². The molecule has 0 bridgehead atoms. The van der Waals surface area contributed by atoms with Crippen LogP contribution in [0, 0.1) is 0 Å². The molecule has 0 atom stereocenters. The Balaban J connectivity index is 1.24. The molecule has 2 aliphatic carbocycles. The Morgan fingerprint density at radius 2 is 0.946 bits per heavy atom. The molecule has 0 spiro atoms. The molecule has 2 nitrogen and oxygen atoms in total. The summed E-state index contributed by atoms with van der Waals surface area (Å²) in [5.41, 5.74) is 20.4. The summed E-state index contributed by atoms with van der Waals surface area (Å²) in [7, 11) is 0. The van der Waals surface area contributed by atoms with Crippen molar-refractivity contribution in [1.82, 2.24) is 0 Å². The molecule has 0 aliphatic heterocycles. The number of nitrogens with zero attached hydrogens (tertiary/aromatic N) is 1. The monoisotopic (exact) mass is 719 g/mol. The van der Waals surface area contributed by atoms with Gasteiger partial charge in [-0.15, -0.1) is 0 Å². The lowest BCUT2D eigenvalue weighted by molar-refractivity contribution is 0.660. The predicted molar refractivity (Wildman–Crippen MR) is 234 cm³/mol. The van der Waals surface area contributed by atoms with E-state index in [0.717, 1.165) is 39.0 Å². The highest BCUT2D eigenvalue weighted by atomic mass is 16.3. The highest BCUT2D eigenvalue weighted by Gasteiger charge is 2.39. The van der Waals surface area contributed by atoms with Gasteiger partial charge in [-0.1, -0.05) is 161 Å². The van der Waals surface area contributed by atoms with Crippen molar-refractivity contribution in [1.29, 1.82) is 0 Å². The van der Waals surface area contributed by atoms with Crippen molar-refractivity contribution in [2.75, 3.05) is 4.90 Å². The van der Waals surface area contributed by atoms with Crippen LogP contribution in [0.25, 0.3) is 66.4 Å². The second kappa shape index (κ2) is 11.9. The fraction of sp³-hybridized carbons (Fsp3) is 0.111. The van der Waals surface area contributed by atoms with E-state index >= 15 is 0 Å². The summed E-state index contributed by atoms with van der Waals surface area (Å²) in [4.78, 5) is 2.49. The van der Waals surface area contributed by atoms with Crippen molar-refractivity contribution in [3.8, 4) is 44.5 Å². The molecule has 1 heterocycles. The van der Waals surface area contributed by atoms with Crippen molar-refractivity contribution in [3.05, 3.63) is 198 Å². The zero-order valence-corrected chi connectivity index (χ0v) is 32.1. The first kappa shape index (κ1) is 32.8. The fourth-order valence-electron chi connectivity index (χ4n) is 9.94. The van der Waals surface area contributed by atoms with Gasteiger partial charge in [0, 0.05) is 38.5 Å². The number of benzene rings is 8. The highest BCUT2D eigenvalue weighted by molar-refractivity contribution is 6.08. The van der Waals surface area contributed by atoms with Gasteiger partial charge in [-0.2, -0.15) is 0 Å². The summed E-state index contributed by atoms with van der Waals surface area (Å²) in [5.74, 6) is 0. The Bertz CT molecular complexity index is 3030. The molecular formula is C54H41NO. The third kappa shape index (κ3) is 4.62. The summed E-state index contributed by atoms with van der Waals surface area (Å²) < 4.78 is 6.38. The lowest BCUT2D eigenvalue weighted by atomic mass is 9.81. The van der Waals surface area contributed by atoms with Crippen molar-refractivity contribution >= 4 is 39.0 Å². The van der Waals surface area contributed by atoms with E-state index in [1.165, 1.54) is 66.8 Å². The molecule has 0 saturated heterocycles. The molecule has 0 N–H and O–H groups in total. The predicted octanol–water partition coefficient (Wildman–Crippen LogP) is 15.0. The van der Waals surface area contributed by atoms with Crippen LogP contribution >= 0.6 is 0 Å². The van der Waals surface area contributed by atoms with E-state index in [-0.39, 0.29) is 10.8 Å². The molecule has 2 heteroatoms. The topological polar surface area (TPSA) is 16.4 Å². The zero-order valence-electron chi connectivity index (χ0n) is 32.1. The largest absolute Gasteiger partial charge is 0.456 e. The summed E-state index contributed by atoms with van der Waals surface area (Å²) in [5, 5.41) is 2.22. The number of para-hydroxylation sites is 1. The average molecular weight is 720 g/mol. The zero-order chi connectivity index (χ0) is 37.8.